The van der Waals surface area contributed by atoms with Crippen LogP contribution in [0.2, 0.25) is 0 Å². The zero-order chi connectivity index (χ0) is 12.6. The Kier molecular flexibility index (Phi) is 2.97. The van der Waals surface area contributed by atoms with Crippen LogP contribution in [0.25, 0.3) is 10.9 Å². The van der Waals surface area contributed by atoms with Crippen molar-refractivity contribution in [1.82, 2.24) is 4.98 Å². The predicted octanol–water partition coefficient (Wildman–Crippen LogP) is 2.43. The number of carbonyl (C=O) groups excluding carboxylic acids is 1. The van der Waals surface area contributed by atoms with E-state index in [2.05, 4.69) is 25.7 Å². The van der Waals surface area contributed by atoms with Crippen molar-refractivity contribution in [3.8, 4) is 11.5 Å². The molecule has 1 heterocycles. The number of aromatic hydroxyl groups is 1. The Bertz CT molecular complexity index is 591. The summed E-state index contributed by atoms with van der Waals surface area (Å²) in [5, 5.41) is 10.5. The van der Waals surface area contributed by atoms with Crippen LogP contribution in [0.3, 0.4) is 0 Å². The van der Waals surface area contributed by atoms with Crippen molar-refractivity contribution in [3.63, 3.8) is 0 Å². The Balaban J connectivity index is 2.69. The van der Waals surface area contributed by atoms with Gasteiger partial charge in [-0.2, -0.15) is 0 Å². The van der Waals surface area contributed by atoms with Crippen molar-refractivity contribution < 1.29 is 19.4 Å². The lowest BCUT2D eigenvalue weighted by molar-refractivity contribution is 0.0595. The molecule has 0 radical (unpaired) electrons. The molecule has 2 rings (SSSR count). The second kappa shape index (κ2) is 4.29. The Labute approximate surface area is 105 Å². The first-order valence-corrected chi connectivity index (χ1v) is 5.54. The van der Waals surface area contributed by atoms with Crippen molar-refractivity contribution >= 4 is 32.8 Å². The maximum atomic E-state index is 11.4. The number of H-pyrrole nitrogens is 1. The van der Waals surface area contributed by atoms with Crippen LogP contribution in [0.1, 0.15) is 10.5 Å². The van der Waals surface area contributed by atoms with Crippen LogP contribution in [0, 0.1) is 0 Å². The monoisotopic (exact) mass is 299 g/mol. The average Bonchev–Trinajstić information content (AvgIpc) is 2.76. The van der Waals surface area contributed by atoms with E-state index in [1.807, 2.05) is 0 Å². The van der Waals surface area contributed by atoms with E-state index >= 15 is 0 Å². The Morgan fingerprint density at radius 3 is 2.71 bits per heavy atom. The van der Waals surface area contributed by atoms with Gasteiger partial charge in [-0.15, -0.1) is 0 Å². The maximum Gasteiger partial charge on any atom is 0.354 e. The highest BCUT2D eigenvalue weighted by atomic mass is 79.9. The smallest absolute Gasteiger partial charge is 0.354 e. The summed E-state index contributed by atoms with van der Waals surface area (Å²) >= 11 is 3.22. The fourth-order valence-electron chi connectivity index (χ4n) is 1.58. The fourth-order valence-corrected chi connectivity index (χ4v) is 2.07. The van der Waals surface area contributed by atoms with Gasteiger partial charge in [-0.05, 0) is 22.0 Å². The molecule has 6 heteroatoms. The number of rotatable bonds is 2. The highest BCUT2D eigenvalue weighted by Gasteiger charge is 2.16. The molecule has 0 amide bonds. The molecular weight excluding hydrogens is 290 g/mol. The zero-order valence-corrected chi connectivity index (χ0v) is 10.8. The third-order valence-electron chi connectivity index (χ3n) is 2.43. The molecule has 0 atom stereocenters. The fraction of sp³-hybridized carbons (Fsp3) is 0.182. The molecule has 0 aliphatic carbocycles. The Morgan fingerprint density at radius 2 is 2.12 bits per heavy atom. The molecule has 0 fully saturated rings. The summed E-state index contributed by atoms with van der Waals surface area (Å²) in [6.45, 7) is 0. The largest absolute Gasteiger partial charge is 0.506 e. The Morgan fingerprint density at radius 1 is 1.41 bits per heavy atom. The molecule has 0 saturated heterocycles. The Hall–Kier alpha value is -1.69. The first kappa shape index (κ1) is 11.8. The van der Waals surface area contributed by atoms with E-state index in [-0.39, 0.29) is 11.4 Å². The molecule has 0 saturated carbocycles. The van der Waals surface area contributed by atoms with Crippen LogP contribution < -0.4 is 4.74 Å². The number of benzene rings is 1. The van der Waals surface area contributed by atoms with Gasteiger partial charge >= 0.3 is 5.97 Å². The highest BCUT2D eigenvalue weighted by molar-refractivity contribution is 9.10. The zero-order valence-electron chi connectivity index (χ0n) is 9.20. The minimum atomic E-state index is -0.490. The van der Waals surface area contributed by atoms with E-state index in [0.29, 0.717) is 21.1 Å². The minimum absolute atomic E-state index is 0.0192. The molecule has 0 spiro atoms. The molecule has 2 aromatic rings. The van der Waals surface area contributed by atoms with E-state index in [9.17, 15) is 9.90 Å². The van der Waals surface area contributed by atoms with Crippen LogP contribution in [-0.4, -0.2) is 30.3 Å². The van der Waals surface area contributed by atoms with Crippen molar-refractivity contribution in [2.75, 3.05) is 14.2 Å². The number of esters is 1. The summed E-state index contributed by atoms with van der Waals surface area (Å²) in [5.41, 5.74) is 0.876. The summed E-state index contributed by atoms with van der Waals surface area (Å²) in [7, 11) is 2.79. The molecule has 2 N–H and O–H groups in total. The summed E-state index contributed by atoms with van der Waals surface area (Å²) in [6, 6.07) is 3.21. The number of carbonyl (C=O) groups is 1. The molecule has 17 heavy (non-hydrogen) atoms. The SMILES string of the molecule is COC(=O)c1cc2c(O)c(Br)c(OC)cc2[nH]1. The van der Waals surface area contributed by atoms with Crippen LogP contribution in [0.4, 0.5) is 0 Å². The lowest BCUT2D eigenvalue weighted by Crippen LogP contribution is -2.00. The van der Waals surface area contributed by atoms with Crippen LogP contribution in [0.5, 0.6) is 11.5 Å². The number of ether oxygens (including phenoxy) is 2. The number of nitrogens with one attached hydrogen (secondary N) is 1. The van der Waals surface area contributed by atoms with E-state index in [4.69, 9.17) is 4.74 Å². The molecule has 0 aliphatic rings. The number of fused-ring (bicyclic) bond motifs is 1. The number of phenolic OH excluding ortho intramolecular Hbond substituents is 1. The first-order chi connectivity index (χ1) is 8.08. The van der Waals surface area contributed by atoms with Gasteiger partial charge in [0.1, 0.15) is 21.7 Å². The van der Waals surface area contributed by atoms with Gasteiger partial charge in [0.15, 0.2) is 0 Å². The van der Waals surface area contributed by atoms with Crippen molar-refractivity contribution in [3.05, 3.63) is 22.3 Å². The topological polar surface area (TPSA) is 71.6 Å². The van der Waals surface area contributed by atoms with E-state index < -0.39 is 5.97 Å². The van der Waals surface area contributed by atoms with Crippen molar-refractivity contribution in [2.24, 2.45) is 0 Å². The molecule has 5 nitrogen and oxygen atoms in total. The minimum Gasteiger partial charge on any atom is -0.506 e. The normalized spacial score (nSPS) is 10.5. The summed E-state index contributed by atoms with van der Waals surface area (Å²) in [6.07, 6.45) is 0. The second-order valence-electron chi connectivity index (χ2n) is 3.38. The first-order valence-electron chi connectivity index (χ1n) is 4.75. The molecule has 1 aromatic carbocycles. The number of halogens is 1. The number of hydrogen-bond acceptors (Lipinski definition) is 4. The molecule has 0 unspecified atom stereocenters. The van der Waals surface area contributed by atoms with Gasteiger partial charge in [0.25, 0.3) is 0 Å². The van der Waals surface area contributed by atoms with Crippen LogP contribution >= 0.6 is 15.9 Å². The van der Waals surface area contributed by atoms with Gasteiger partial charge in [-0.3, -0.25) is 0 Å². The van der Waals surface area contributed by atoms with Gasteiger partial charge in [0.05, 0.1) is 19.7 Å². The lowest BCUT2D eigenvalue weighted by atomic mass is 10.2. The highest BCUT2D eigenvalue weighted by Crippen LogP contribution is 2.40. The number of aromatic amines is 1. The van der Waals surface area contributed by atoms with E-state index in [1.165, 1.54) is 20.3 Å². The summed E-state index contributed by atoms with van der Waals surface area (Å²) < 4.78 is 10.1. The van der Waals surface area contributed by atoms with E-state index in [1.54, 1.807) is 6.07 Å². The third-order valence-corrected chi connectivity index (χ3v) is 3.19. The van der Waals surface area contributed by atoms with Crippen molar-refractivity contribution in [2.45, 2.75) is 0 Å². The predicted molar refractivity (Wildman–Crippen MR) is 65.6 cm³/mol. The van der Waals surface area contributed by atoms with Gasteiger partial charge < -0.3 is 19.6 Å². The lowest BCUT2D eigenvalue weighted by Gasteiger charge is -2.05. The average molecular weight is 300 g/mol. The third kappa shape index (κ3) is 1.84. The van der Waals surface area contributed by atoms with Gasteiger partial charge in [-0.25, -0.2) is 4.79 Å². The number of aromatic nitrogens is 1. The standard InChI is InChI=1S/C11H10BrNO4/c1-16-8-4-6-5(10(14)9(8)12)3-7(13-6)11(15)17-2/h3-4,13-14H,1-2H3. The second-order valence-corrected chi connectivity index (χ2v) is 4.17. The molecule has 1 aromatic heterocycles. The molecular formula is C11H10BrNO4. The van der Waals surface area contributed by atoms with Gasteiger partial charge in [-0.1, -0.05) is 0 Å². The number of methoxy groups -OCH3 is 2. The number of hydrogen-bond donors (Lipinski definition) is 2. The summed E-state index contributed by atoms with van der Waals surface area (Å²) in [5.74, 6) is 0.00899. The molecule has 0 aliphatic heterocycles. The summed E-state index contributed by atoms with van der Waals surface area (Å²) in [4.78, 5) is 14.2. The van der Waals surface area contributed by atoms with Gasteiger partial charge in [0.2, 0.25) is 0 Å². The van der Waals surface area contributed by atoms with Crippen LogP contribution in [0.15, 0.2) is 16.6 Å². The van der Waals surface area contributed by atoms with Crippen molar-refractivity contribution in [1.29, 1.82) is 0 Å². The molecule has 0 bridgehead atoms. The maximum absolute atomic E-state index is 11.4. The van der Waals surface area contributed by atoms with E-state index in [0.717, 1.165) is 0 Å². The van der Waals surface area contributed by atoms with Crippen LogP contribution in [-0.2, 0) is 4.74 Å². The quantitative estimate of drug-likeness (QED) is 0.836. The molecule has 90 valence electrons. The number of phenols is 1. The van der Waals surface area contributed by atoms with Gasteiger partial charge in [0, 0.05) is 11.5 Å².